The first kappa shape index (κ1) is 41.7. The molecule has 0 amide bonds. The molecule has 0 N–H and O–H groups in total. The van der Waals surface area contributed by atoms with Crippen LogP contribution in [0, 0.1) is 6.07 Å². The molecule has 0 fully saturated rings. The van der Waals surface area contributed by atoms with Gasteiger partial charge in [-0.3, -0.25) is 19.9 Å². The average Bonchev–Trinajstić information content (AvgIpc) is 3.25. The molecule has 8 nitrogen and oxygen atoms in total. The van der Waals surface area contributed by atoms with Crippen LogP contribution in [0.25, 0.3) is 45.3 Å². The zero-order valence-electron chi connectivity index (χ0n) is 32.8. The van der Waals surface area contributed by atoms with Crippen molar-refractivity contribution in [1.29, 1.82) is 0 Å². The van der Waals surface area contributed by atoms with Crippen LogP contribution in [-0.4, -0.2) is 44.7 Å². The summed E-state index contributed by atoms with van der Waals surface area (Å²) in [5, 5.41) is 0. The van der Waals surface area contributed by atoms with Gasteiger partial charge in [0.05, 0.1) is 60.7 Å². The molecule has 0 aliphatic carbocycles. The van der Waals surface area contributed by atoms with Crippen molar-refractivity contribution in [2.24, 2.45) is 0 Å². The minimum absolute atomic E-state index is 0. The molecule has 295 valence electrons. The fraction of sp³-hybridized carbons (Fsp3) is 0.354. The van der Waals surface area contributed by atoms with E-state index >= 15 is 0 Å². The number of fused-ring (bicyclic) bond motifs is 2. The Balaban J connectivity index is 0.00000549. The van der Waals surface area contributed by atoms with E-state index in [0.29, 0.717) is 19.8 Å². The van der Waals surface area contributed by atoms with Gasteiger partial charge < -0.3 is 14.2 Å². The molecule has 3 aliphatic rings. The molecule has 9 heteroatoms. The molecule has 9 rings (SSSR count). The van der Waals surface area contributed by atoms with Crippen molar-refractivity contribution >= 4 is 0 Å². The third-order valence-corrected chi connectivity index (χ3v) is 10.1. The molecule has 3 aliphatic heterocycles. The normalized spacial score (nSPS) is 15.2. The predicted molar refractivity (Wildman–Crippen MR) is 223 cm³/mol. The van der Waals surface area contributed by atoms with Gasteiger partial charge in [0.25, 0.3) is 0 Å². The van der Waals surface area contributed by atoms with E-state index in [9.17, 15) is 0 Å². The Morgan fingerprint density at radius 3 is 1.42 bits per heavy atom. The maximum atomic E-state index is 6.54. The molecule has 1 aromatic carbocycles. The van der Waals surface area contributed by atoms with Crippen molar-refractivity contribution in [2.45, 2.75) is 89.9 Å². The number of rotatable bonds is 2. The molecule has 57 heavy (non-hydrogen) atoms. The van der Waals surface area contributed by atoms with Gasteiger partial charge in [-0.2, -0.15) is 0 Å². The molecular formula is C48H52N5O3Re-. The monoisotopic (exact) mass is 933 g/mol. The molecular weight excluding hydrogens is 881 g/mol. The molecule has 6 aromatic rings. The number of nitrogens with zero attached hydrogens (tertiary/aromatic N) is 5. The molecule has 0 atom stereocenters. The van der Waals surface area contributed by atoms with E-state index in [0.717, 1.165) is 114 Å². The molecule has 8 bridgehead atoms. The summed E-state index contributed by atoms with van der Waals surface area (Å²) in [6.07, 6.45) is 22.9. The van der Waals surface area contributed by atoms with Gasteiger partial charge >= 0.3 is 0 Å². The zero-order valence-corrected chi connectivity index (χ0v) is 35.5. The maximum Gasteiger partial charge on any atom is 0.137 e. The quantitative estimate of drug-likeness (QED) is 0.159. The number of ether oxygens (including phenoxy) is 3. The zero-order chi connectivity index (χ0) is 38.0. The summed E-state index contributed by atoms with van der Waals surface area (Å²) < 4.78 is 18.6. The Hall–Kier alpha value is -4.97. The summed E-state index contributed by atoms with van der Waals surface area (Å²) >= 11 is 0. The van der Waals surface area contributed by atoms with E-state index in [1.165, 1.54) is 44.1 Å². The van der Waals surface area contributed by atoms with Crippen LogP contribution in [0.4, 0.5) is 0 Å². The Bertz CT molecular complexity index is 1920. The standard InChI is InChI=1S/C48H52N5O3.Re/c1-2-6-10-19-37-33-48(41(43-21-12-14-29-50-43)34-40(37)42-20-11-13-28-49-42)56-32-17-9-5-4-8-16-31-55-39-25-27-45(52-36-39)47-23-18-22-46(53-47)44-26-24-38(35-51-44)54-30-15-7-3-1;/h11-14,18,20-29,33,35-36H,1-10,15-17,19,30-32H2;/q-1;. The summed E-state index contributed by atoms with van der Waals surface area (Å²) in [5.74, 6) is 2.41. The number of aromatic nitrogens is 5. The molecule has 1 radical (unpaired) electrons. The number of hydrogen-bond acceptors (Lipinski definition) is 8. The summed E-state index contributed by atoms with van der Waals surface area (Å²) in [5.41, 5.74) is 8.16. The predicted octanol–water partition coefficient (Wildman–Crippen LogP) is 11.6. The van der Waals surface area contributed by atoms with Gasteiger partial charge in [-0.1, -0.05) is 118 Å². The molecule has 0 saturated heterocycles. The average molecular weight is 933 g/mol. The van der Waals surface area contributed by atoms with Crippen LogP contribution in [-0.2, 0) is 26.8 Å². The van der Waals surface area contributed by atoms with Gasteiger partial charge in [0.2, 0.25) is 0 Å². The van der Waals surface area contributed by atoms with Crippen molar-refractivity contribution in [3.05, 3.63) is 121 Å². The van der Waals surface area contributed by atoms with Crippen LogP contribution >= 0.6 is 0 Å². The van der Waals surface area contributed by atoms with Gasteiger partial charge in [-0.05, 0) is 67.8 Å². The first-order valence-corrected chi connectivity index (χ1v) is 20.5. The van der Waals surface area contributed by atoms with Crippen LogP contribution in [0.1, 0.15) is 89.0 Å². The minimum atomic E-state index is 0. The van der Waals surface area contributed by atoms with Crippen molar-refractivity contribution < 1.29 is 34.6 Å². The third-order valence-electron chi connectivity index (χ3n) is 10.1. The van der Waals surface area contributed by atoms with Gasteiger partial charge in [0.1, 0.15) is 11.5 Å². The fourth-order valence-electron chi connectivity index (χ4n) is 7.05. The van der Waals surface area contributed by atoms with Gasteiger partial charge in [0, 0.05) is 44.2 Å². The van der Waals surface area contributed by atoms with E-state index in [1.54, 1.807) is 12.4 Å². The topological polar surface area (TPSA) is 92.1 Å². The second-order valence-electron chi connectivity index (χ2n) is 14.4. The van der Waals surface area contributed by atoms with Crippen LogP contribution in [0.15, 0.2) is 110 Å². The summed E-state index contributed by atoms with van der Waals surface area (Å²) in [6.45, 7) is 2.02. The first-order valence-electron chi connectivity index (χ1n) is 20.5. The van der Waals surface area contributed by atoms with Crippen LogP contribution in [0.3, 0.4) is 0 Å². The van der Waals surface area contributed by atoms with Crippen molar-refractivity contribution in [2.75, 3.05) is 19.8 Å². The first-order chi connectivity index (χ1) is 27.8. The fourth-order valence-corrected chi connectivity index (χ4v) is 7.05. The second-order valence-corrected chi connectivity index (χ2v) is 14.4. The molecule has 0 unspecified atom stereocenters. The number of aryl methyl sites for hydroxylation is 1. The summed E-state index contributed by atoms with van der Waals surface area (Å²) in [6, 6.07) is 31.9. The van der Waals surface area contributed by atoms with E-state index in [-0.39, 0.29) is 20.4 Å². The Morgan fingerprint density at radius 2 is 0.912 bits per heavy atom. The summed E-state index contributed by atoms with van der Waals surface area (Å²) in [4.78, 5) is 23.5. The minimum Gasteiger partial charge on any atom is -0.528 e. The van der Waals surface area contributed by atoms with Crippen molar-refractivity contribution in [1.82, 2.24) is 24.9 Å². The van der Waals surface area contributed by atoms with Crippen LogP contribution < -0.4 is 14.2 Å². The van der Waals surface area contributed by atoms with E-state index < -0.39 is 0 Å². The summed E-state index contributed by atoms with van der Waals surface area (Å²) in [7, 11) is 0. The molecule has 5 aromatic heterocycles. The maximum absolute atomic E-state index is 6.54. The Morgan fingerprint density at radius 1 is 0.421 bits per heavy atom. The molecule has 0 saturated carbocycles. The van der Waals surface area contributed by atoms with E-state index in [1.807, 2.05) is 85.2 Å². The number of benzene rings is 1. The van der Waals surface area contributed by atoms with E-state index in [4.69, 9.17) is 24.2 Å². The number of pyridine rings is 5. The van der Waals surface area contributed by atoms with Gasteiger partial charge in [-0.15, -0.1) is 11.6 Å². The largest absolute Gasteiger partial charge is 0.528 e. The van der Waals surface area contributed by atoms with E-state index in [2.05, 4.69) is 33.2 Å². The van der Waals surface area contributed by atoms with Gasteiger partial charge in [0.15, 0.2) is 0 Å². The Labute approximate surface area is 351 Å². The van der Waals surface area contributed by atoms with Crippen LogP contribution in [0.5, 0.6) is 17.2 Å². The van der Waals surface area contributed by atoms with Crippen molar-refractivity contribution in [3.8, 4) is 62.5 Å². The SMILES string of the molecule is [Re].[c-]1c(-c2ccccn2)c2cc(c1-c1ccccn1)OCCCCCCCCOc1ccc(nc1)-c1cccc(n1)-c1ccc(cn1)OCCCCCCCCC2. The van der Waals surface area contributed by atoms with Crippen LogP contribution in [0.2, 0.25) is 0 Å². The second kappa shape index (κ2) is 22.7. The Kier molecular flexibility index (Phi) is 16.6. The third kappa shape index (κ3) is 12.5. The van der Waals surface area contributed by atoms with Gasteiger partial charge in [-0.25, -0.2) is 4.98 Å². The molecule has 8 heterocycles. The molecule has 0 spiro atoms. The smallest absolute Gasteiger partial charge is 0.137 e. The number of hydrogen-bond donors (Lipinski definition) is 0. The van der Waals surface area contributed by atoms with Crippen molar-refractivity contribution in [3.63, 3.8) is 0 Å².